The summed E-state index contributed by atoms with van der Waals surface area (Å²) in [6, 6.07) is 7.93. The Labute approximate surface area is 217 Å². The maximum absolute atomic E-state index is 14.1. The molecule has 7 nitrogen and oxygen atoms in total. The number of nitrogens with zero attached hydrogens (tertiary/aromatic N) is 2. The molecule has 1 atom stereocenters. The maximum atomic E-state index is 14.1. The lowest BCUT2D eigenvalue weighted by Gasteiger charge is -2.19. The normalized spacial score (nSPS) is 12.3. The zero-order chi connectivity index (χ0) is 28.5. The van der Waals surface area contributed by atoms with E-state index in [2.05, 4.69) is 10.3 Å². The van der Waals surface area contributed by atoms with Crippen LogP contribution in [0.2, 0.25) is 0 Å². The number of hydrogen-bond donors (Lipinski definition) is 1. The molecule has 0 fully saturated rings. The molecule has 0 aliphatic heterocycles. The van der Waals surface area contributed by atoms with Crippen molar-refractivity contribution in [1.82, 2.24) is 14.9 Å². The van der Waals surface area contributed by atoms with Crippen LogP contribution in [0.1, 0.15) is 21.5 Å². The number of ether oxygens (including phenoxy) is 1. The highest BCUT2D eigenvalue weighted by Crippen LogP contribution is 2.37. The predicted molar refractivity (Wildman–Crippen MR) is 131 cm³/mol. The lowest BCUT2D eigenvalue weighted by molar-refractivity contribution is -0.142. The van der Waals surface area contributed by atoms with Crippen molar-refractivity contribution in [2.45, 2.75) is 18.6 Å². The molecule has 0 unspecified atom stereocenters. The molecule has 1 amide bonds. The van der Waals surface area contributed by atoms with Gasteiger partial charge in [-0.3, -0.25) is 14.6 Å². The zero-order valence-electron chi connectivity index (χ0n) is 20.5. The van der Waals surface area contributed by atoms with Gasteiger partial charge in [0.1, 0.15) is 23.2 Å². The molecule has 1 N–H and O–H groups in total. The van der Waals surface area contributed by atoms with Crippen LogP contribution < -0.4 is 10.9 Å². The first-order valence-electron chi connectivity index (χ1n) is 11.4. The average molecular weight is 545 g/mol. The van der Waals surface area contributed by atoms with Gasteiger partial charge in [-0.25, -0.2) is 13.6 Å². The molecule has 0 saturated heterocycles. The van der Waals surface area contributed by atoms with Crippen LogP contribution in [0.25, 0.3) is 22.0 Å². The quantitative estimate of drug-likeness (QED) is 0.286. The number of carbonyl (C=O) groups is 2. The Morgan fingerprint density at radius 1 is 1.05 bits per heavy atom. The second-order valence-corrected chi connectivity index (χ2v) is 8.54. The zero-order valence-corrected chi connectivity index (χ0v) is 20.5. The van der Waals surface area contributed by atoms with Crippen molar-refractivity contribution in [3.8, 4) is 11.1 Å². The molecule has 2 aromatic heterocycles. The number of rotatable bonds is 6. The monoisotopic (exact) mass is 545 g/mol. The Balaban J connectivity index is 1.81. The summed E-state index contributed by atoms with van der Waals surface area (Å²) in [5.74, 6) is -4.43. The third kappa shape index (κ3) is 5.35. The van der Waals surface area contributed by atoms with Gasteiger partial charge in [0, 0.05) is 31.2 Å². The van der Waals surface area contributed by atoms with E-state index in [4.69, 9.17) is 4.74 Å². The fourth-order valence-corrected chi connectivity index (χ4v) is 4.25. The Morgan fingerprint density at radius 3 is 2.36 bits per heavy atom. The first-order chi connectivity index (χ1) is 18.4. The fraction of sp³-hybridized carbons (Fsp3) is 0.185. The molecule has 39 heavy (non-hydrogen) atoms. The third-order valence-electron chi connectivity index (χ3n) is 6.10. The van der Waals surface area contributed by atoms with E-state index in [9.17, 15) is 36.3 Å². The summed E-state index contributed by atoms with van der Waals surface area (Å²) in [5, 5.41) is 2.43. The van der Waals surface area contributed by atoms with E-state index in [1.54, 1.807) is 0 Å². The molecule has 4 rings (SSSR count). The SMILES string of the molecule is COC(=O)[C@H](Cc1cccc2c(-c3c(C(F)(F)F)ccn(C)c3=O)ccnc12)NC(=O)c1c(F)cccc1F. The van der Waals surface area contributed by atoms with Crippen molar-refractivity contribution in [2.75, 3.05) is 7.11 Å². The first kappa shape index (κ1) is 27.4. The highest BCUT2D eigenvalue weighted by Gasteiger charge is 2.36. The minimum absolute atomic E-state index is 0.0394. The lowest BCUT2D eigenvalue weighted by atomic mass is 9.94. The molecule has 0 radical (unpaired) electrons. The maximum Gasteiger partial charge on any atom is 0.417 e. The minimum Gasteiger partial charge on any atom is -0.467 e. The summed E-state index contributed by atoms with van der Waals surface area (Å²) >= 11 is 0. The van der Waals surface area contributed by atoms with E-state index in [1.807, 2.05) is 0 Å². The van der Waals surface area contributed by atoms with Crippen LogP contribution >= 0.6 is 0 Å². The van der Waals surface area contributed by atoms with E-state index in [1.165, 1.54) is 37.5 Å². The Bertz CT molecular complexity index is 1630. The Hall–Kier alpha value is -4.61. The molecule has 0 aliphatic rings. The van der Waals surface area contributed by atoms with Gasteiger partial charge in [0.05, 0.1) is 23.8 Å². The number of halogens is 5. The Morgan fingerprint density at radius 2 is 1.72 bits per heavy atom. The van der Waals surface area contributed by atoms with Crippen LogP contribution in [0.15, 0.2) is 65.7 Å². The molecular weight excluding hydrogens is 525 g/mol. The van der Waals surface area contributed by atoms with Gasteiger partial charge in [0.15, 0.2) is 0 Å². The first-order valence-corrected chi connectivity index (χ1v) is 11.4. The van der Waals surface area contributed by atoms with Crippen LogP contribution in [0.4, 0.5) is 22.0 Å². The van der Waals surface area contributed by atoms with E-state index in [-0.39, 0.29) is 22.9 Å². The molecule has 2 aromatic carbocycles. The topological polar surface area (TPSA) is 90.3 Å². The predicted octanol–water partition coefficient (Wildman–Crippen LogP) is 4.41. The summed E-state index contributed by atoms with van der Waals surface area (Å²) < 4.78 is 75.5. The van der Waals surface area contributed by atoms with Crippen molar-refractivity contribution >= 4 is 22.8 Å². The van der Waals surface area contributed by atoms with Crippen molar-refractivity contribution in [3.05, 3.63) is 99.6 Å². The average Bonchev–Trinajstić information content (AvgIpc) is 2.88. The number of aromatic nitrogens is 2. The molecular formula is C27H20F5N3O4. The van der Waals surface area contributed by atoms with Crippen molar-refractivity contribution < 1.29 is 36.3 Å². The van der Waals surface area contributed by atoms with E-state index in [0.29, 0.717) is 5.56 Å². The van der Waals surface area contributed by atoms with Gasteiger partial charge in [0.25, 0.3) is 11.5 Å². The number of pyridine rings is 2. The van der Waals surface area contributed by atoms with Gasteiger partial charge in [-0.15, -0.1) is 0 Å². The van der Waals surface area contributed by atoms with Gasteiger partial charge in [0.2, 0.25) is 0 Å². The van der Waals surface area contributed by atoms with Gasteiger partial charge >= 0.3 is 12.1 Å². The minimum atomic E-state index is -4.82. The van der Waals surface area contributed by atoms with E-state index < -0.39 is 58.0 Å². The summed E-state index contributed by atoms with van der Waals surface area (Å²) in [5.41, 5.74) is -3.09. The third-order valence-corrected chi connectivity index (χ3v) is 6.10. The highest BCUT2D eigenvalue weighted by molar-refractivity contribution is 5.98. The number of aryl methyl sites for hydroxylation is 1. The number of benzene rings is 2. The number of carbonyl (C=O) groups excluding carboxylic acids is 2. The Kier molecular flexibility index (Phi) is 7.48. The van der Waals surface area contributed by atoms with Gasteiger partial charge in [-0.05, 0) is 35.4 Å². The van der Waals surface area contributed by atoms with E-state index >= 15 is 0 Å². The second kappa shape index (κ2) is 10.6. The summed E-state index contributed by atoms with van der Waals surface area (Å²) in [4.78, 5) is 42.2. The number of fused-ring (bicyclic) bond motifs is 1. The number of para-hydroxylation sites is 1. The summed E-state index contributed by atoms with van der Waals surface area (Å²) in [6.07, 6.45) is -2.88. The van der Waals surface area contributed by atoms with Crippen LogP contribution in [0.3, 0.4) is 0 Å². The summed E-state index contributed by atoms with van der Waals surface area (Å²) in [6.45, 7) is 0. The molecule has 0 spiro atoms. The lowest BCUT2D eigenvalue weighted by Crippen LogP contribution is -2.43. The van der Waals surface area contributed by atoms with E-state index in [0.717, 1.165) is 42.1 Å². The van der Waals surface area contributed by atoms with Crippen LogP contribution in [-0.4, -0.2) is 34.6 Å². The number of alkyl halides is 3. The molecule has 0 aliphatic carbocycles. The van der Waals surface area contributed by atoms with Crippen molar-refractivity contribution in [3.63, 3.8) is 0 Å². The number of methoxy groups -OCH3 is 1. The van der Waals surface area contributed by atoms with Crippen molar-refractivity contribution in [1.29, 1.82) is 0 Å². The number of nitrogens with one attached hydrogen (secondary N) is 1. The second-order valence-electron chi connectivity index (χ2n) is 8.54. The smallest absolute Gasteiger partial charge is 0.417 e. The molecule has 0 bridgehead atoms. The largest absolute Gasteiger partial charge is 0.467 e. The molecule has 202 valence electrons. The van der Waals surface area contributed by atoms with Gasteiger partial charge < -0.3 is 14.6 Å². The van der Waals surface area contributed by atoms with Crippen LogP contribution in [0.5, 0.6) is 0 Å². The van der Waals surface area contributed by atoms with Crippen molar-refractivity contribution in [2.24, 2.45) is 7.05 Å². The molecule has 0 saturated carbocycles. The number of esters is 1. The summed E-state index contributed by atoms with van der Waals surface area (Å²) in [7, 11) is 2.37. The standard InChI is InChI=1S/C27H20F5N3O4/c1-35-12-10-17(27(30,31)32)21(25(35)37)15-9-11-33-23-14(5-3-6-16(15)23)13-20(26(38)39-2)34-24(36)22-18(28)7-4-8-19(22)29/h3-12,20H,13H2,1-2H3,(H,34,36)/t20-/m0/s1. The fourth-order valence-electron chi connectivity index (χ4n) is 4.25. The molecule has 12 heteroatoms. The van der Waals surface area contributed by atoms with Crippen LogP contribution in [-0.2, 0) is 29.2 Å². The van der Waals surface area contributed by atoms with Gasteiger partial charge in [-0.2, -0.15) is 13.2 Å². The van der Waals surface area contributed by atoms with Gasteiger partial charge in [-0.1, -0.05) is 24.3 Å². The number of hydrogen-bond acceptors (Lipinski definition) is 5. The van der Waals surface area contributed by atoms with Crippen LogP contribution in [0, 0.1) is 11.6 Å². The highest BCUT2D eigenvalue weighted by atomic mass is 19.4. The molecule has 2 heterocycles. The molecule has 4 aromatic rings. The number of amides is 1.